The van der Waals surface area contributed by atoms with Crippen LogP contribution in [0.3, 0.4) is 0 Å². The molecule has 1 amide bonds. The van der Waals surface area contributed by atoms with Crippen LogP contribution < -0.4 is 5.32 Å². The normalized spacial score (nSPS) is 13.0. The summed E-state index contributed by atoms with van der Waals surface area (Å²) >= 11 is 0. The monoisotopic (exact) mass is 615 g/mol. The molecule has 0 aliphatic carbocycles. The van der Waals surface area contributed by atoms with Gasteiger partial charge in [-0.3, -0.25) is 14.6 Å². The minimum Gasteiger partial charge on any atom is -0.460 e. The molecule has 2 atom stereocenters. The van der Waals surface area contributed by atoms with Crippen LogP contribution in [-0.4, -0.2) is 49.4 Å². The van der Waals surface area contributed by atoms with Gasteiger partial charge in [0.1, 0.15) is 17.1 Å². The number of hydrogen-bond donors (Lipinski definition) is 3. The van der Waals surface area contributed by atoms with Gasteiger partial charge in [-0.15, -0.1) is 0 Å². The summed E-state index contributed by atoms with van der Waals surface area (Å²) in [5.74, 6) is -1.26. The highest BCUT2D eigenvalue weighted by Crippen LogP contribution is 2.42. The van der Waals surface area contributed by atoms with Crippen LogP contribution >= 0.6 is 0 Å². The lowest BCUT2D eigenvalue weighted by molar-refractivity contribution is -0.157. The smallest absolute Gasteiger partial charge is 0.308 e. The largest absolute Gasteiger partial charge is 0.460 e. The Hall–Kier alpha value is -4.34. The number of nitrogens with one attached hydrogen (secondary N) is 1. The Labute approximate surface area is 263 Å². The molecule has 0 fully saturated rings. The number of nitrogens with zero attached hydrogens (tertiary/aromatic N) is 2. The number of aliphatic hydroxyl groups is 2. The average Bonchev–Trinajstić information content (AvgIpc) is 3.32. The molecule has 0 radical (unpaired) electrons. The number of pyridine rings is 1. The first-order chi connectivity index (χ1) is 21.3. The molecule has 0 aliphatic heterocycles. The highest BCUT2D eigenvalue weighted by atomic mass is 19.1. The van der Waals surface area contributed by atoms with E-state index in [4.69, 9.17) is 4.74 Å². The molecule has 0 spiro atoms. The number of ether oxygens (including phenoxy) is 1. The number of amides is 1. The van der Waals surface area contributed by atoms with E-state index in [0.29, 0.717) is 40.2 Å². The molecule has 4 rings (SSSR count). The number of carbonyl (C=O) groups is 2. The standard InChI is InChI=1S/C36H42FN3O5/c1-23(2)40-30(19-18-27(41)21-28(42)22-31(43)45-36(3,4)5)32(24-14-16-25(37)17-15-24)33(29-13-9-10-20-38-29)34(40)35(44)39-26-11-7-6-8-12-26/h6-17,20,23,27-28,41-42H,18-19,21-22H2,1-5H3,(H,39,44). The number of aliphatic hydroxyl groups excluding tert-OH is 2. The van der Waals surface area contributed by atoms with Crippen molar-refractivity contribution in [2.45, 2.75) is 84.2 Å². The predicted molar refractivity (Wildman–Crippen MR) is 173 cm³/mol. The van der Waals surface area contributed by atoms with Crippen LogP contribution in [-0.2, 0) is 16.0 Å². The van der Waals surface area contributed by atoms with Crippen molar-refractivity contribution in [3.63, 3.8) is 0 Å². The van der Waals surface area contributed by atoms with E-state index in [1.807, 2.05) is 60.9 Å². The number of anilines is 1. The molecule has 3 N–H and O–H groups in total. The lowest BCUT2D eigenvalue weighted by atomic mass is 9.94. The fourth-order valence-corrected chi connectivity index (χ4v) is 5.47. The second-order valence-corrected chi connectivity index (χ2v) is 12.4. The third-order valence-electron chi connectivity index (χ3n) is 7.20. The van der Waals surface area contributed by atoms with E-state index in [0.717, 1.165) is 5.69 Å². The maximum atomic E-state index is 14.1. The summed E-state index contributed by atoms with van der Waals surface area (Å²) < 4.78 is 21.3. The van der Waals surface area contributed by atoms with E-state index in [9.17, 15) is 24.2 Å². The summed E-state index contributed by atoms with van der Waals surface area (Å²) in [7, 11) is 0. The van der Waals surface area contributed by atoms with Gasteiger partial charge in [-0.25, -0.2) is 4.39 Å². The summed E-state index contributed by atoms with van der Waals surface area (Å²) in [6.45, 7) is 9.20. The Kier molecular flexibility index (Phi) is 10.9. The zero-order valence-corrected chi connectivity index (χ0v) is 26.5. The Morgan fingerprint density at radius 2 is 1.60 bits per heavy atom. The first-order valence-electron chi connectivity index (χ1n) is 15.2. The number of para-hydroxylation sites is 1. The molecule has 2 aromatic carbocycles. The van der Waals surface area contributed by atoms with Crippen LogP contribution in [0.25, 0.3) is 22.4 Å². The van der Waals surface area contributed by atoms with Crippen molar-refractivity contribution in [1.29, 1.82) is 0 Å². The van der Waals surface area contributed by atoms with Crippen molar-refractivity contribution in [3.05, 3.63) is 96.2 Å². The summed E-state index contributed by atoms with van der Waals surface area (Å²) in [6, 6.07) is 20.5. The van der Waals surface area contributed by atoms with E-state index in [1.165, 1.54) is 12.1 Å². The first-order valence-corrected chi connectivity index (χ1v) is 15.2. The van der Waals surface area contributed by atoms with E-state index >= 15 is 0 Å². The van der Waals surface area contributed by atoms with Crippen LogP contribution in [0.4, 0.5) is 10.1 Å². The summed E-state index contributed by atoms with van der Waals surface area (Å²) in [5.41, 5.74) is 3.68. The summed E-state index contributed by atoms with van der Waals surface area (Å²) in [5, 5.41) is 24.5. The van der Waals surface area contributed by atoms with Gasteiger partial charge in [0.15, 0.2) is 0 Å². The van der Waals surface area contributed by atoms with Gasteiger partial charge in [0.25, 0.3) is 5.91 Å². The van der Waals surface area contributed by atoms with Gasteiger partial charge in [0.2, 0.25) is 0 Å². The Morgan fingerprint density at radius 1 is 0.933 bits per heavy atom. The molecule has 0 saturated heterocycles. The molecule has 0 aliphatic rings. The minimum absolute atomic E-state index is 0.0258. The number of benzene rings is 2. The fourth-order valence-electron chi connectivity index (χ4n) is 5.47. The molecule has 9 heteroatoms. The Morgan fingerprint density at radius 3 is 2.20 bits per heavy atom. The number of carbonyl (C=O) groups excluding carboxylic acids is 2. The summed E-state index contributed by atoms with van der Waals surface area (Å²) in [6.07, 6.45) is -0.0715. The number of esters is 1. The van der Waals surface area contributed by atoms with Gasteiger partial charge in [-0.2, -0.15) is 0 Å². The van der Waals surface area contributed by atoms with Crippen molar-refractivity contribution in [1.82, 2.24) is 9.55 Å². The van der Waals surface area contributed by atoms with Crippen LogP contribution in [0.15, 0.2) is 79.0 Å². The second kappa shape index (κ2) is 14.6. The predicted octanol–water partition coefficient (Wildman–Crippen LogP) is 6.97. The number of aromatic nitrogens is 2. The topological polar surface area (TPSA) is 114 Å². The van der Waals surface area contributed by atoms with Gasteiger partial charge >= 0.3 is 5.97 Å². The van der Waals surface area contributed by atoms with Crippen LogP contribution in [0.1, 0.15) is 76.1 Å². The Balaban J connectivity index is 1.78. The van der Waals surface area contributed by atoms with E-state index in [1.54, 1.807) is 45.2 Å². The van der Waals surface area contributed by atoms with Crippen molar-refractivity contribution in [3.8, 4) is 22.4 Å². The third kappa shape index (κ3) is 8.86. The molecule has 2 unspecified atom stereocenters. The van der Waals surface area contributed by atoms with Crippen molar-refractivity contribution < 1.29 is 28.9 Å². The molecule has 0 saturated carbocycles. The van der Waals surface area contributed by atoms with E-state index in [2.05, 4.69) is 10.3 Å². The maximum absolute atomic E-state index is 14.1. The fraction of sp³-hybridized carbons (Fsp3) is 0.361. The molecular weight excluding hydrogens is 573 g/mol. The molecular formula is C36H42FN3O5. The van der Waals surface area contributed by atoms with Crippen molar-refractivity contribution >= 4 is 17.6 Å². The van der Waals surface area contributed by atoms with Gasteiger partial charge in [-0.1, -0.05) is 36.4 Å². The third-order valence-corrected chi connectivity index (χ3v) is 7.20. The highest BCUT2D eigenvalue weighted by molar-refractivity contribution is 6.10. The van der Waals surface area contributed by atoms with Crippen molar-refractivity contribution in [2.75, 3.05) is 5.32 Å². The van der Waals surface area contributed by atoms with Gasteiger partial charge < -0.3 is 24.8 Å². The molecule has 45 heavy (non-hydrogen) atoms. The Bertz CT molecular complexity index is 1580. The van der Waals surface area contributed by atoms with Gasteiger partial charge in [0, 0.05) is 34.7 Å². The summed E-state index contributed by atoms with van der Waals surface area (Å²) in [4.78, 5) is 30.9. The SMILES string of the molecule is CC(C)n1c(CCC(O)CC(O)CC(=O)OC(C)(C)C)c(-c2ccc(F)cc2)c(-c2ccccn2)c1C(=O)Nc1ccccc1. The molecule has 8 nitrogen and oxygen atoms in total. The molecule has 4 aromatic rings. The van der Waals surface area contributed by atoms with Gasteiger partial charge in [0.05, 0.1) is 24.3 Å². The zero-order valence-electron chi connectivity index (χ0n) is 26.5. The molecule has 0 bridgehead atoms. The lowest BCUT2D eigenvalue weighted by Crippen LogP contribution is -2.28. The van der Waals surface area contributed by atoms with Crippen LogP contribution in [0.5, 0.6) is 0 Å². The number of halogens is 1. The first kappa shape index (κ1) is 33.6. The quantitative estimate of drug-likeness (QED) is 0.148. The molecule has 238 valence electrons. The average molecular weight is 616 g/mol. The van der Waals surface area contributed by atoms with Gasteiger partial charge in [-0.05, 0) is 95.8 Å². The van der Waals surface area contributed by atoms with Crippen LogP contribution in [0, 0.1) is 5.82 Å². The minimum atomic E-state index is -1.08. The second-order valence-electron chi connectivity index (χ2n) is 12.4. The zero-order chi connectivity index (χ0) is 32.7. The van der Waals surface area contributed by atoms with Crippen LogP contribution in [0.2, 0.25) is 0 Å². The molecule has 2 aromatic heterocycles. The number of rotatable bonds is 12. The lowest BCUT2D eigenvalue weighted by Gasteiger charge is -2.22. The highest BCUT2D eigenvalue weighted by Gasteiger charge is 2.31. The van der Waals surface area contributed by atoms with E-state index in [-0.39, 0.29) is 37.0 Å². The number of hydrogen-bond acceptors (Lipinski definition) is 6. The maximum Gasteiger partial charge on any atom is 0.308 e. The molecule has 2 heterocycles. The van der Waals surface area contributed by atoms with Crippen molar-refractivity contribution in [2.24, 2.45) is 0 Å². The van der Waals surface area contributed by atoms with E-state index < -0.39 is 23.8 Å².